The van der Waals surface area contributed by atoms with Crippen LogP contribution in [-0.4, -0.2) is 27.9 Å². The van der Waals surface area contributed by atoms with Crippen LogP contribution in [0.1, 0.15) is 63.3 Å². The summed E-state index contributed by atoms with van der Waals surface area (Å²) in [5.41, 5.74) is 6.82. The summed E-state index contributed by atoms with van der Waals surface area (Å²) in [6.45, 7) is 9.84. The van der Waals surface area contributed by atoms with Gasteiger partial charge in [-0.2, -0.15) is 0 Å². The number of carboxylic acids is 1. The predicted molar refractivity (Wildman–Crippen MR) is 145 cm³/mol. The average molecular weight is 477 g/mol. The van der Waals surface area contributed by atoms with Gasteiger partial charge in [0.15, 0.2) is 0 Å². The van der Waals surface area contributed by atoms with Gasteiger partial charge in [-0.3, -0.25) is 9.78 Å². The Balaban J connectivity index is 1.70. The third-order valence-electron chi connectivity index (χ3n) is 6.19. The second kappa shape index (κ2) is 12.6. The van der Waals surface area contributed by atoms with E-state index in [1.165, 1.54) is 41.4 Å². The third kappa shape index (κ3) is 7.10. The quantitative estimate of drug-likeness (QED) is 0.295. The minimum absolute atomic E-state index is 0.0907. The summed E-state index contributed by atoms with van der Waals surface area (Å²) in [5, 5.41) is 8.83. The summed E-state index contributed by atoms with van der Waals surface area (Å²) in [6.07, 6.45) is 2.35. The molecule has 1 N–H and O–H groups in total. The minimum Gasteiger partial charge on any atom is -0.481 e. The fraction of sp³-hybridized carbons (Fsp3) is 0.379. The second-order valence-corrected chi connectivity index (χ2v) is 9.91. The SMILES string of the molecule is CCC(CC)c1ccc(N(Cc2ccc(-c3cccc(CSCC(=O)O)n3)cc2)C(C)C)cc1. The molecule has 0 aliphatic carbocycles. The van der Waals surface area contributed by atoms with Crippen LogP contribution in [0.25, 0.3) is 11.3 Å². The summed E-state index contributed by atoms with van der Waals surface area (Å²) in [6, 6.07) is 24.0. The molecule has 3 aromatic rings. The Kier molecular flexibility index (Phi) is 9.58. The number of aliphatic carboxylic acids is 1. The van der Waals surface area contributed by atoms with Crippen LogP contribution in [0.4, 0.5) is 5.69 Å². The molecule has 0 bridgehead atoms. The molecule has 180 valence electrons. The van der Waals surface area contributed by atoms with E-state index < -0.39 is 5.97 Å². The molecule has 4 nitrogen and oxygen atoms in total. The van der Waals surface area contributed by atoms with Crippen molar-refractivity contribution in [1.82, 2.24) is 4.98 Å². The van der Waals surface area contributed by atoms with Crippen LogP contribution in [0, 0.1) is 0 Å². The zero-order valence-electron chi connectivity index (χ0n) is 20.7. The fourth-order valence-electron chi connectivity index (χ4n) is 4.21. The number of aromatic nitrogens is 1. The van der Waals surface area contributed by atoms with Crippen molar-refractivity contribution >= 4 is 23.4 Å². The van der Waals surface area contributed by atoms with Gasteiger partial charge < -0.3 is 10.0 Å². The Morgan fingerprint density at radius 2 is 1.65 bits per heavy atom. The third-order valence-corrected chi connectivity index (χ3v) is 7.14. The topological polar surface area (TPSA) is 53.4 Å². The molecule has 0 saturated heterocycles. The molecule has 0 aliphatic rings. The van der Waals surface area contributed by atoms with Crippen LogP contribution >= 0.6 is 11.8 Å². The molecule has 5 heteroatoms. The molecule has 0 fully saturated rings. The van der Waals surface area contributed by atoms with Gasteiger partial charge in [0.2, 0.25) is 0 Å². The van der Waals surface area contributed by atoms with E-state index in [1.807, 2.05) is 18.2 Å². The number of rotatable bonds is 12. The highest BCUT2D eigenvalue weighted by molar-refractivity contribution is 7.99. The molecular weight excluding hydrogens is 440 g/mol. The zero-order chi connectivity index (χ0) is 24.5. The van der Waals surface area contributed by atoms with E-state index in [9.17, 15) is 4.79 Å². The van der Waals surface area contributed by atoms with Crippen molar-refractivity contribution in [2.24, 2.45) is 0 Å². The van der Waals surface area contributed by atoms with Crippen molar-refractivity contribution in [1.29, 1.82) is 0 Å². The molecule has 0 aliphatic heterocycles. The van der Waals surface area contributed by atoms with Gasteiger partial charge in [0.05, 0.1) is 17.1 Å². The van der Waals surface area contributed by atoms with Crippen molar-refractivity contribution in [2.75, 3.05) is 10.7 Å². The Morgan fingerprint density at radius 3 is 2.24 bits per heavy atom. The first-order chi connectivity index (χ1) is 16.4. The van der Waals surface area contributed by atoms with Gasteiger partial charge in [-0.05, 0) is 68.0 Å². The standard InChI is InChI=1S/C29H36N2O2S/c1-5-23(6-2)24-14-16-27(17-15-24)31(21(3)4)18-22-10-12-25(13-11-22)28-9-7-8-26(30-28)19-34-20-29(32)33/h7-17,21,23H,5-6,18-20H2,1-4H3,(H,32,33). The number of hydrogen-bond acceptors (Lipinski definition) is 4. The molecule has 0 spiro atoms. The summed E-state index contributed by atoms with van der Waals surface area (Å²) in [7, 11) is 0. The lowest BCUT2D eigenvalue weighted by atomic mass is 9.94. The number of hydrogen-bond donors (Lipinski definition) is 1. The van der Waals surface area contributed by atoms with Gasteiger partial charge in [-0.15, -0.1) is 11.8 Å². The molecule has 34 heavy (non-hydrogen) atoms. The summed E-state index contributed by atoms with van der Waals surface area (Å²) in [4.78, 5) is 17.9. The van der Waals surface area contributed by atoms with Crippen molar-refractivity contribution in [3.8, 4) is 11.3 Å². The highest BCUT2D eigenvalue weighted by Gasteiger charge is 2.13. The first kappa shape index (κ1) is 25.8. The predicted octanol–water partition coefficient (Wildman–Crippen LogP) is 7.39. The average Bonchev–Trinajstić information content (AvgIpc) is 2.84. The van der Waals surface area contributed by atoms with Crippen LogP contribution < -0.4 is 4.90 Å². The second-order valence-electron chi connectivity index (χ2n) is 8.92. The number of benzene rings is 2. The van der Waals surface area contributed by atoms with Gasteiger partial charge in [0.25, 0.3) is 0 Å². The normalized spacial score (nSPS) is 11.2. The van der Waals surface area contributed by atoms with E-state index in [0.717, 1.165) is 23.5 Å². The maximum atomic E-state index is 10.7. The van der Waals surface area contributed by atoms with Crippen LogP contribution in [0.5, 0.6) is 0 Å². The fourth-order valence-corrected chi connectivity index (χ4v) is 4.86. The largest absolute Gasteiger partial charge is 0.481 e. The van der Waals surface area contributed by atoms with E-state index in [1.54, 1.807) is 0 Å². The van der Waals surface area contributed by atoms with Crippen molar-refractivity contribution in [2.45, 2.75) is 64.8 Å². The molecule has 0 saturated carbocycles. The van der Waals surface area contributed by atoms with E-state index in [4.69, 9.17) is 10.1 Å². The first-order valence-electron chi connectivity index (χ1n) is 12.1. The number of pyridine rings is 1. The van der Waals surface area contributed by atoms with Gasteiger partial charge >= 0.3 is 5.97 Å². The monoisotopic (exact) mass is 476 g/mol. The van der Waals surface area contributed by atoms with Gasteiger partial charge in [-0.25, -0.2) is 0 Å². The first-order valence-corrected chi connectivity index (χ1v) is 13.3. The molecule has 0 amide bonds. The lowest BCUT2D eigenvalue weighted by Crippen LogP contribution is -2.30. The summed E-state index contributed by atoms with van der Waals surface area (Å²) in [5.74, 6) is 0.525. The van der Waals surface area contributed by atoms with Crippen molar-refractivity contribution in [3.63, 3.8) is 0 Å². The van der Waals surface area contributed by atoms with Crippen molar-refractivity contribution < 1.29 is 9.90 Å². The Hall–Kier alpha value is -2.79. The van der Waals surface area contributed by atoms with Gasteiger partial charge in [-0.1, -0.05) is 56.3 Å². The molecule has 0 unspecified atom stereocenters. The number of anilines is 1. The van der Waals surface area contributed by atoms with Crippen LogP contribution in [0.3, 0.4) is 0 Å². The number of carbonyl (C=O) groups is 1. The van der Waals surface area contributed by atoms with E-state index >= 15 is 0 Å². The maximum Gasteiger partial charge on any atom is 0.313 e. The lowest BCUT2D eigenvalue weighted by molar-refractivity contribution is -0.133. The van der Waals surface area contributed by atoms with Crippen LogP contribution in [-0.2, 0) is 17.1 Å². The summed E-state index contributed by atoms with van der Waals surface area (Å²) < 4.78 is 0. The summed E-state index contributed by atoms with van der Waals surface area (Å²) >= 11 is 1.37. The molecule has 1 heterocycles. The number of carboxylic acid groups (broad SMARTS) is 1. The Morgan fingerprint density at radius 1 is 0.971 bits per heavy atom. The minimum atomic E-state index is -0.797. The lowest BCUT2D eigenvalue weighted by Gasteiger charge is -2.30. The molecule has 2 aromatic carbocycles. The molecular formula is C29H36N2O2S. The Labute approximate surface area is 208 Å². The van der Waals surface area contributed by atoms with E-state index in [-0.39, 0.29) is 5.75 Å². The molecule has 3 rings (SSSR count). The smallest absolute Gasteiger partial charge is 0.313 e. The number of thioether (sulfide) groups is 1. The maximum absolute atomic E-state index is 10.7. The van der Waals surface area contributed by atoms with Crippen LogP contribution in [0.15, 0.2) is 66.7 Å². The highest BCUT2D eigenvalue weighted by Crippen LogP contribution is 2.27. The van der Waals surface area contributed by atoms with Gasteiger partial charge in [0.1, 0.15) is 0 Å². The molecule has 0 atom stereocenters. The highest BCUT2D eigenvalue weighted by atomic mass is 32.2. The van der Waals surface area contributed by atoms with E-state index in [0.29, 0.717) is 17.7 Å². The number of nitrogens with zero attached hydrogens (tertiary/aromatic N) is 2. The van der Waals surface area contributed by atoms with E-state index in [2.05, 4.69) is 81.1 Å². The van der Waals surface area contributed by atoms with Gasteiger partial charge in [0, 0.05) is 29.6 Å². The molecule has 1 aromatic heterocycles. The van der Waals surface area contributed by atoms with Crippen LogP contribution in [0.2, 0.25) is 0 Å². The molecule has 0 radical (unpaired) electrons. The van der Waals surface area contributed by atoms with Crippen molar-refractivity contribution in [3.05, 3.63) is 83.6 Å². The Bertz CT molecular complexity index is 1040. The zero-order valence-corrected chi connectivity index (χ0v) is 21.5.